The summed E-state index contributed by atoms with van der Waals surface area (Å²) >= 11 is 0. The molecular formula is C28H43F4N5O4. The van der Waals surface area contributed by atoms with Gasteiger partial charge in [0.15, 0.2) is 12.1 Å². The Morgan fingerprint density at radius 1 is 1.15 bits per heavy atom. The molecule has 2 fully saturated rings. The number of H-pyrrole nitrogens is 1. The predicted molar refractivity (Wildman–Crippen MR) is 148 cm³/mol. The van der Waals surface area contributed by atoms with Crippen molar-refractivity contribution in [1.82, 2.24) is 25.4 Å². The van der Waals surface area contributed by atoms with Gasteiger partial charge in [-0.05, 0) is 64.6 Å². The van der Waals surface area contributed by atoms with Crippen molar-refractivity contribution >= 4 is 12.7 Å². The van der Waals surface area contributed by atoms with Crippen LogP contribution in [-0.2, 0) is 4.79 Å². The molecule has 2 aromatic heterocycles. The number of aromatic amines is 1. The smallest absolute Gasteiger partial charge is 0.391 e. The summed E-state index contributed by atoms with van der Waals surface area (Å²) in [7, 11) is 4.70. The van der Waals surface area contributed by atoms with Crippen LogP contribution in [0.1, 0.15) is 75.2 Å². The lowest BCUT2D eigenvalue weighted by Crippen LogP contribution is -2.36. The molecule has 0 spiro atoms. The predicted octanol–water partition coefficient (Wildman–Crippen LogP) is 5.16. The normalized spacial score (nSPS) is 20.6. The number of aldehydes is 1. The molecule has 2 aliphatic rings. The molecular weight excluding hydrogens is 546 g/mol. The fraction of sp³-hybridized carbons (Fsp3) is 0.643. The largest absolute Gasteiger partial charge is 0.481 e. The van der Waals surface area contributed by atoms with Crippen molar-refractivity contribution in [3.05, 3.63) is 29.8 Å². The Labute approximate surface area is 239 Å². The zero-order chi connectivity index (χ0) is 30.8. The number of rotatable bonds is 7. The van der Waals surface area contributed by atoms with Crippen molar-refractivity contribution in [1.29, 1.82) is 0 Å². The summed E-state index contributed by atoms with van der Waals surface area (Å²) < 4.78 is 54.8. The van der Waals surface area contributed by atoms with E-state index in [1.165, 1.54) is 57.9 Å². The van der Waals surface area contributed by atoms with E-state index in [4.69, 9.17) is 9.84 Å². The Hall–Kier alpha value is -3.06. The number of likely N-dealkylation sites (tertiary alicyclic amines) is 1. The number of carbonyl (C=O) groups is 2. The maximum atomic E-state index is 13.4. The topological polar surface area (TPSA) is 120 Å². The minimum absolute atomic E-state index is 0.0592. The highest BCUT2D eigenvalue weighted by atomic mass is 19.4. The lowest BCUT2D eigenvalue weighted by atomic mass is 9.86. The zero-order valence-electron chi connectivity index (χ0n) is 24.2. The second kappa shape index (κ2) is 19.1. The van der Waals surface area contributed by atoms with Crippen LogP contribution in [0.15, 0.2) is 18.3 Å². The first-order valence-corrected chi connectivity index (χ1v) is 13.7. The van der Waals surface area contributed by atoms with E-state index >= 15 is 0 Å². The minimum atomic E-state index is -4.06. The maximum Gasteiger partial charge on any atom is 0.391 e. The molecule has 1 amide bonds. The molecule has 13 heteroatoms. The van der Waals surface area contributed by atoms with Gasteiger partial charge in [0.2, 0.25) is 12.3 Å². The van der Waals surface area contributed by atoms with E-state index in [1.807, 2.05) is 0 Å². The van der Waals surface area contributed by atoms with E-state index in [2.05, 4.69) is 39.4 Å². The Bertz CT molecular complexity index is 1010. The van der Waals surface area contributed by atoms with E-state index in [1.54, 1.807) is 0 Å². The summed E-state index contributed by atoms with van der Waals surface area (Å²) in [5.74, 6) is -1.41. The van der Waals surface area contributed by atoms with Crippen LogP contribution in [0.3, 0.4) is 0 Å². The number of hydrogen-bond donors (Lipinski definition) is 3. The molecule has 0 bridgehead atoms. The molecule has 1 aliphatic heterocycles. The van der Waals surface area contributed by atoms with Crippen LogP contribution >= 0.6 is 0 Å². The molecule has 1 saturated heterocycles. The van der Waals surface area contributed by atoms with E-state index in [0.717, 1.165) is 19.3 Å². The highest BCUT2D eigenvalue weighted by Crippen LogP contribution is 2.37. The van der Waals surface area contributed by atoms with Crippen LogP contribution in [0.25, 0.3) is 11.3 Å². The molecule has 3 heterocycles. The quantitative estimate of drug-likeness (QED) is 0.301. The number of alkyl halides is 3. The highest BCUT2D eigenvalue weighted by Gasteiger charge is 2.41. The maximum absolute atomic E-state index is 13.4. The molecule has 9 nitrogen and oxygen atoms in total. The van der Waals surface area contributed by atoms with Crippen LogP contribution in [-0.4, -0.2) is 84.0 Å². The van der Waals surface area contributed by atoms with Crippen molar-refractivity contribution in [2.24, 2.45) is 5.92 Å². The number of aliphatic hydroxyl groups is 1. The van der Waals surface area contributed by atoms with E-state index in [-0.39, 0.29) is 36.0 Å². The summed E-state index contributed by atoms with van der Waals surface area (Å²) in [5, 5.41) is 15.8. The van der Waals surface area contributed by atoms with Crippen LogP contribution in [0.2, 0.25) is 0 Å². The van der Waals surface area contributed by atoms with Gasteiger partial charge < -0.3 is 20.1 Å². The van der Waals surface area contributed by atoms with Crippen LogP contribution in [0.5, 0.6) is 5.88 Å². The third kappa shape index (κ3) is 12.6. The van der Waals surface area contributed by atoms with Gasteiger partial charge in [0, 0.05) is 30.8 Å². The second-order valence-corrected chi connectivity index (χ2v) is 9.83. The second-order valence-electron chi connectivity index (χ2n) is 9.83. The van der Waals surface area contributed by atoms with Crippen molar-refractivity contribution in [2.75, 3.05) is 27.8 Å². The lowest BCUT2D eigenvalue weighted by Gasteiger charge is -2.32. The van der Waals surface area contributed by atoms with Gasteiger partial charge in [0.1, 0.15) is 0 Å². The Morgan fingerprint density at radius 3 is 2.34 bits per heavy atom. The molecule has 232 valence electrons. The monoisotopic (exact) mass is 589 g/mol. The van der Waals surface area contributed by atoms with Crippen molar-refractivity contribution in [2.45, 2.75) is 83.0 Å². The van der Waals surface area contributed by atoms with E-state index < -0.39 is 17.9 Å². The number of pyridine rings is 1. The molecule has 0 aromatic carbocycles. The standard InChI is InChI=1S/C10H8FN3O2.C9H19N.C8H12F3NO.CH4O/c1-16-10-3-7(8(11)4-12-10)9-2-6(5-15)13-14-9;1-3-6-9-7-4-5-8-10(9)2;9-8(10,11)6-1-3-7(4-2-6)12-5-13;1-2/h2-5H,1H3,(H,13,14);9H,3-8H2,1-2H3;5-7H,1-4H2,(H,12,13);2H,1H3/t;9-;;/m.0../s1. The van der Waals surface area contributed by atoms with Gasteiger partial charge in [-0.3, -0.25) is 14.7 Å². The SMILES string of the molecule is CCC[C@H]1CCCCN1C.CO.COc1cc(-c2cc(C=O)[nH]n2)c(F)cn1.O=CNC1CCC(C(F)(F)F)CC1. The fourth-order valence-electron chi connectivity index (χ4n) is 4.79. The Kier molecular flexibility index (Phi) is 16.8. The molecule has 1 saturated carbocycles. The summed E-state index contributed by atoms with van der Waals surface area (Å²) in [6, 6.07) is 3.71. The third-order valence-electron chi connectivity index (χ3n) is 7.08. The molecule has 0 unspecified atom stereocenters. The van der Waals surface area contributed by atoms with Gasteiger partial charge in [0.05, 0.1) is 30.6 Å². The van der Waals surface area contributed by atoms with Gasteiger partial charge >= 0.3 is 6.18 Å². The van der Waals surface area contributed by atoms with Crippen LogP contribution in [0.4, 0.5) is 17.6 Å². The number of aliphatic hydroxyl groups excluding tert-OH is 1. The minimum Gasteiger partial charge on any atom is -0.481 e. The number of aromatic nitrogens is 3. The zero-order valence-corrected chi connectivity index (χ0v) is 24.2. The van der Waals surface area contributed by atoms with Crippen molar-refractivity contribution in [3.63, 3.8) is 0 Å². The number of nitrogens with zero attached hydrogens (tertiary/aromatic N) is 3. The summed E-state index contributed by atoms with van der Waals surface area (Å²) in [5.41, 5.74) is 0.849. The number of halogens is 4. The van der Waals surface area contributed by atoms with Crippen LogP contribution < -0.4 is 10.1 Å². The number of piperidine rings is 1. The Balaban J connectivity index is 0.000000306. The third-order valence-corrected chi connectivity index (χ3v) is 7.08. The molecule has 3 N–H and O–H groups in total. The molecule has 41 heavy (non-hydrogen) atoms. The molecule has 0 radical (unpaired) electrons. The summed E-state index contributed by atoms with van der Waals surface area (Å²) in [6.45, 7) is 3.60. The first-order valence-electron chi connectivity index (χ1n) is 13.7. The van der Waals surface area contributed by atoms with Crippen molar-refractivity contribution < 1.29 is 37.0 Å². The summed E-state index contributed by atoms with van der Waals surface area (Å²) in [6.07, 6.45) is 6.32. The average molecular weight is 590 g/mol. The summed E-state index contributed by atoms with van der Waals surface area (Å²) in [4.78, 5) is 26.7. The van der Waals surface area contributed by atoms with E-state index in [9.17, 15) is 27.2 Å². The average Bonchev–Trinajstić information content (AvgIpc) is 3.46. The van der Waals surface area contributed by atoms with Gasteiger partial charge in [-0.2, -0.15) is 18.3 Å². The first kappa shape index (κ1) is 36.0. The van der Waals surface area contributed by atoms with Gasteiger partial charge in [-0.15, -0.1) is 0 Å². The van der Waals surface area contributed by atoms with Crippen LogP contribution in [0, 0.1) is 11.7 Å². The number of ether oxygens (including phenoxy) is 1. The molecule has 4 rings (SSSR count). The Morgan fingerprint density at radius 2 is 1.83 bits per heavy atom. The van der Waals surface area contributed by atoms with Crippen molar-refractivity contribution in [3.8, 4) is 17.1 Å². The molecule has 1 aliphatic carbocycles. The van der Waals surface area contributed by atoms with Gasteiger partial charge in [0.25, 0.3) is 0 Å². The highest BCUT2D eigenvalue weighted by molar-refractivity contribution is 5.75. The van der Waals surface area contributed by atoms with E-state index in [0.29, 0.717) is 31.2 Å². The number of hydrogen-bond acceptors (Lipinski definition) is 7. The number of carbonyl (C=O) groups excluding carboxylic acids is 2. The van der Waals surface area contributed by atoms with Gasteiger partial charge in [-0.1, -0.05) is 19.8 Å². The number of methoxy groups -OCH3 is 1. The fourth-order valence-corrected chi connectivity index (χ4v) is 4.79. The first-order chi connectivity index (χ1) is 19.6. The molecule has 2 aromatic rings. The number of nitrogens with one attached hydrogen (secondary N) is 2. The lowest BCUT2D eigenvalue weighted by molar-refractivity contribution is -0.182. The molecule has 1 atom stereocenters. The van der Waals surface area contributed by atoms with Gasteiger partial charge in [-0.25, -0.2) is 9.37 Å². The number of amides is 1.